The Morgan fingerprint density at radius 3 is 2.69 bits per heavy atom. The molecule has 6 nitrogen and oxygen atoms in total. The second-order valence-electron chi connectivity index (χ2n) is 5.66. The number of ketones is 1. The number of aldehydes is 1. The molecule has 26 heavy (non-hydrogen) atoms. The number of carbonyl (C=O) groups excluding carboxylic acids is 3. The van der Waals surface area contributed by atoms with Crippen LogP contribution in [0.2, 0.25) is 0 Å². The van der Waals surface area contributed by atoms with Gasteiger partial charge in [0.05, 0.1) is 5.69 Å². The van der Waals surface area contributed by atoms with E-state index in [2.05, 4.69) is 6.58 Å². The number of Topliss-reactive ketones (excluding diaryl/α,β-unsaturated/α-hetero) is 1. The number of carbonyl (C=O) groups is 3. The maximum Gasteiger partial charge on any atom is 0.265 e. The van der Waals surface area contributed by atoms with Crippen LogP contribution in [0, 0.1) is 0 Å². The number of amides is 1. The van der Waals surface area contributed by atoms with Crippen LogP contribution in [0.4, 0.5) is 5.69 Å². The minimum absolute atomic E-state index is 0.0337. The van der Waals surface area contributed by atoms with Crippen molar-refractivity contribution < 1.29 is 23.9 Å². The Morgan fingerprint density at radius 1 is 1.23 bits per heavy atom. The van der Waals surface area contributed by atoms with Crippen LogP contribution < -0.4 is 14.4 Å². The van der Waals surface area contributed by atoms with Gasteiger partial charge in [0.15, 0.2) is 19.0 Å². The van der Waals surface area contributed by atoms with Gasteiger partial charge in [0.2, 0.25) is 0 Å². The predicted octanol–water partition coefficient (Wildman–Crippen LogP) is 2.67. The third-order valence-electron chi connectivity index (χ3n) is 3.92. The van der Waals surface area contributed by atoms with Crippen LogP contribution in [-0.2, 0) is 4.79 Å². The van der Waals surface area contributed by atoms with Gasteiger partial charge in [0.1, 0.15) is 17.8 Å². The highest BCUT2D eigenvalue weighted by molar-refractivity contribution is 6.02. The van der Waals surface area contributed by atoms with Crippen LogP contribution in [0.1, 0.15) is 20.7 Å². The maximum absolute atomic E-state index is 12.4. The summed E-state index contributed by atoms with van der Waals surface area (Å²) in [6, 6.07) is 11.4. The highest BCUT2D eigenvalue weighted by Crippen LogP contribution is 2.33. The molecule has 0 atom stereocenters. The Kier molecular flexibility index (Phi) is 5.12. The molecule has 2 aromatic rings. The van der Waals surface area contributed by atoms with E-state index in [1.54, 1.807) is 48.5 Å². The second kappa shape index (κ2) is 7.65. The van der Waals surface area contributed by atoms with Crippen molar-refractivity contribution >= 4 is 23.7 Å². The zero-order valence-electron chi connectivity index (χ0n) is 14.0. The Bertz CT molecular complexity index is 857. The first-order valence-electron chi connectivity index (χ1n) is 8.01. The molecule has 0 fully saturated rings. The smallest absolute Gasteiger partial charge is 0.265 e. The summed E-state index contributed by atoms with van der Waals surface area (Å²) in [5, 5.41) is 0. The molecule has 0 unspecified atom stereocenters. The van der Waals surface area contributed by atoms with E-state index in [0.29, 0.717) is 34.9 Å². The average Bonchev–Trinajstić information content (AvgIpc) is 2.68. The summed E-state index contributed by atoms with van der Waals surface area (Å²) >= 11 is 0. The number of fused-ring (bicyclic) bond motifs is 1. The number of ether oxygens (including phenoxy) is 2. The molecule has 1 aliphatic rings. The van der Waals surface area contributed by atoms with Gasteiger partial charge in [0.25, 0.3) is 5.91 Å². The molecule has 3 rings (SSSR count). The van der Waals surface area contributed by atoms with E-state index in [0.717, 1.165) is 6.29 Å². The van der Waals surface area contributed by atoms with E-state index in [9.17, 15) is 14.4 Å². The molecule has 1 heterocycles. The summed E-state index contributed by atoms with van der Waals surface area (Å²) < 4.78 is 10.9. The molecular formula is C20H17NO5. The van der Waals surface area contributed by atoms with E-state index in [1.807, 2.05) is 0 Å². The molecule has 1 amide bonds. The average molecular weight is 351 g/mol. The van der Waals surface area contributed by atoms with E-state index in [4.69, 9.17) is 9.47 Å². The largest absolute Gasteiger partial charge is 0.485 e. The molecule has 0 saturated heterocycles. The van der Waals surface area contributed by atoms with Crippen molar-refractivity contribution in [2.45, 2.75) is 0 Å². The number of nitrogens with zero attached hydrogens (tertiary/aromatic N) is 1. The van der Waals surface area contributed by atoms with Gasteiger partial charge in [-0.3, -0.25) is 14.4 Å². The summed E-state index contributed by atoms with van der Waals surface area (Å²) in [6.45, 7) is 3.80. The van der Waals surface area contributed by atoms with Crippen LogP contribution >= 0.6 is 0 Å². The maximum atomic E-state index is 12.4. The quantitative estimate of drug-likeness (QED) is 0.436. The molecule has 2 aromatic carbocycles. The topological polar surface area (TPSA) is 72.9 Å². The Labute approximate surface area is 150 Å². The molecule has 132 valence electrons. The summed E-state index contributed by atoms with van der Waals surface area (Å²) in [7, 11) is 0. The van der Waals surface area contributed by atoms with E-state index < -0.39 is 0 Å². The zero-order chi connectivity index (χ0) is 18.5. The van der Waals surface area contributed by atoms with Gasteiger partial charge in [-0.1, -0.05) is 6.08 Å². The van der Waals surface area contributed by atoms with Crippen LogP contribution in [0.5, 0.6) is 11.5 Å². The molecule has 0 spiro atoms. The van der Waals surface area contributed by atoms with Gasteiger partial charge in [-0.2, -0.15) is 0 Å². The molecule has 0 N–H and O–H groups in total. The fourth-order valence-electron chi connectivity index (χ4n) is 2.58. The van der Waals surface area contributed by atoms with Gasteiger partial charge in [0, 0.05) is 17.7 Å². The standard InChI is InChI=1S/C20H17NO5/c1-2-9-21-17-10-15(5-8-19(17)26-13-20(21)24)18(23)12-25-16-6-3-14(11-22)4-7-16/h2-8,10-11H,1,9,12-13H2. The second-order valence-corrected chi connectivity index (χ2v) is 5.66. The monoisotopic (exact) mass is 351 g/mol. The van der Waals surface area contributed by atoms with Crippen LogP contribution in [0.15, 0.2) is 55.1 Å². The fourth-order valence-corrected chi connectivity index (χ4v) is 2.58. The highest BCUT2D eigenvalue weighted by Gasteiger charge is 2.25. The van der Waals surface area contributed by atoms with Crippen LogP contribution in [-0.4, -0.2) is 37.7 Å². The lowest BCUT2D eigenvalue weighted by molar-refractivity contribution is -0.121. The number of hydrogen-bond acceptors (Lipinski definition) is 5. The van der Waals surface area contributed by atoms with Gasteiger partial charge in [-0.25, -0.2) is 0 Å². The third-order valence-corrected chi connectivity index (χ3v) is 3.92. The first kappa shape index (κ1) is 17.4. The van der Waals surface area contributed by atoms with Gasteiger partial charge >= 0.3 is 0 Å². The van der Waals surface area contributed by atoms with Crippen molar-refractivity contribution in [2.24, 2.45) is 0 Å². The van der Waals surface area contributed by atoms with E-state index >= 15 is 0 Å². The van der Waals surface area contributed by atoms with Gasteiger partial charge in [-0.15, -0.1) is 6.58 Å². The lowest BCUT2D eigenvalue weighted by Gasteiger charge is -2.28. The van der Waals surface area contributed by atoms with E-state index in [1.165, 1.54) is 4.90 Å². The van der Waals surface area contributed by atoms with Gasteiger partial charge in [-0.05, 0) is 42.5 Å². The summed E-state index contributed by atoms with van der Waals surface area (Å²) in [6.07, 6.45) is 2.36. The predicted molar refractivity (Wildman–Crippen MR) is 96.1 cm³/mol. The lowest BCUT2D eigenvalue weighted by Crippen LogP contribution is -2.39. The summed E-state index contributed by atoms with van der Waals surface area (Å²) in [4.78, 5) is 36.6. The Morgan fingerprint density at radius 2 is 2.00 bits per heavy atom. The first-order chi connectivity index (χ1) is 12.6. The summed E-state index contributed by atoms with van der Waals surface area (Å²) in [5.74, 6) is 0.624. The molecule has 6 heteroatoms. The number of hydrogen-bond donors (Lipinski definition) is 0. The van der Waals surface area contributed by atoms with Crippen molar-refractivity contribution in [1.82, 2.24) is 0 Å². The number of benzene rings is 2. The molecule has 0 bridgehead atoms. The number of anilines is 1. The molecular weight excluding hydrogens is 334 g/mol. The van der Waals surface area contributed by atoms with Crippen molar-refractivity contribution in [3.05, 3.63) is 66.2 Å². The minimum atomic E-state index is -0.233. The lowest BCUT2D eigenvalue weighted by atomic mass is 10.1. The zero-order valence-corrected chi connectivity index (χ0v) is 14.0. The fraction of sp³-hybridized carbons (Fsp3) is 0.150. The van der Waals surface area contributed by atoms with Gasteiger partial charge < -0.3 is 14.4 Å². The minimum Gasteiger partial charge on any atom is -0.485 e. The molecule has 0 aliphatic carbocycles. The summed E-state index contributed by atoms with van der Waals surface area (Å²) in [5.41, 5.74) is 1.49. The molecule has 0 radical (unpaired) electrons. The highest BCUT2D eigenvalue weighted by atomic mass is 16.5. The van der Waals surface area contributed by atoms with Crippen LogP contribution in [0.3, 0.4) is 0 Å². The van der Waals surface area contributed by atoms with Crippen LogP contribution in [0.25, 0.3) is 0 Å². The van der Waals surface area contributed by atoms with Crippen molar-refractivity contribution in [3.8, 4) is 11.5 Å². The Hall–Kier alpha value is -3.41. The van der Waals surface area contributed by atoms with Crippen molar-refractivity contribution in [2.75, 3.05) is 24.7 Å². The number of rotatable bonds is 7. The Balaban J connectivity index is 1.74. The SMILES string of the molecule is C=CCN1C(=O)COc2ccc(C(=O)COc3ccc(C=O)cc3)cc21. The molecule has 0 saturated carbocycles. The van der Waals surface area contributed by atoms with Crippen molar-refractivity contribution in [1.29, 1.82) is 0 Å². The molecule has 1 aliphatic heterocycles. The van der Waals surface area contributed by atoms with E-state index in [-0.39, 0.29) is 24.9 Å². The normalized spacial score (nSPS) is 12.8. The molecule has 0 aromatic heterocycles. The third kappa shape index (κ3) is 3.64. The first-order valence-corrected chi connectivity index (χ1v) is 8.01. The van der Waals surface area contributed by atoms with Crippen molar-refractivity contribution in [3.63, 3.8) is 0 Å².